The van der Waals surface area contributed by atoms with E-state index in [0.29, 0.717) is 28.0 Å². The lowest BCUT2D eigenvalue weighted by molar-refractivity contribution is 0.102. The second-order valence-corrected chi connectivity index (χ2v) is 7.31. The highest BCUT2D eigenvalue weighted by Gasteiger charge is 2.23. The first-order chi connectivity index (χ1) is 14.3. The molecule has 2 aromatic heterocycles. The number of fused-ring (bicyclic) bond motifs is 1. The van der Waals surface area contributed by atoms with Gasteiger partial charge < -0.3 is 5.32 Å². The van der Waals surface area contributed by atoms with Gasteiger partial charge in [0.15, 0.2) is 17.5 Å². The SMILES string of the molecule is Cc1cccn2c(NC(=O)c3ccc(F)c(F)c3F)c(-c3ccc(Cl)c(Cl)c3)nc12. The number of aromatic nitrogens is 2. The van der Waals surface area contributed by atoms with Crippen molar-refractivity contribution in [2.75, 3.05) is 5.32 Å². The van der Waals surface area contributed by atoms with Crippen LogP contribution in [0.25, 0.3) is 16.9 Å². The topological polar surface area (TPSA) is 46.4 Å². The third kappa shape index (κ3) is 3.40. The second-order valence-electron chi connectivity index (χ2n) is 6.50. The number of aryl methyl sites for hydroxylation is 1. The van der Waals surface area contributed by atoms with Crippen molar-refractivity contribution in [1.29, 1.82) is 0 Å². The Labute approximate surface area is 178 Å². The maximum atomic E-state index is 14.1. The highest BCUT2D eigenvalue weighted by Crippen LogP contribution is 2.34. The molecule has 9 heteroatoms. The van der Waals surface area contributed by atoms with Gasteiger partial charge in [0.05, 0.1) is 15.6 Å². The largest absolute Gasteiger partial charge is 0.306 e. The van der Waals surface area contributed by atoms with Crippen molar-refractivity contribution in [3.63, 3.8) is 0 Å². The Hall–Kier alpha value is -3.03. The van der Waals surface area contributed by atoms with Crippen LogP contribution in [0.2, 0.25) is 10.0 Å². The van der Waals surface area contributed by atoms with E-state index in [4.69, 9.17) is 23.2 Å². The molecule has 4 aromatic rings. The van der Waals surface area contributed by atoms with Gasteiger partial charge in [0.2, 0.25) is 0 Å². The summed E-state index contributed by atoms with van der Waals surface area (Å²) in [4.78, 5) is 17.3. The van der Waals surface area contributed by atoms with Gasteiger partial charge in [0.1, 0.15) is 17.2 Å². The number of hydrogen-bond acceptors (Lipinski definition) is 2. The van der Waals surface area contributed by atoms with Crippen molar-refractivity contribution in [2.24, 2.45) is 0 Å². The summed E-state index contributed by atoms with van der Waals surface area (Å²) >= 11 is 12.1. The zero-order valence-corrected chi connectivity index (χ0v) is 16.8. The van der Waals surface area contributed by atoms with Crippen LogP contribution in [-0.2, 0) is 0 Å². The summed E-state index contributed by atoms with van der Waals surface area (Å²) in [5.41, 5.74) is 1.61. The number of carbonyl (C=O) groups excluding carboxylic acids is 1. The fraction of sp³-hybridized carbons (Fsp3) is 0.0476. The van der Waals surface area contributed by atoms with Crippen LogP contribution in [0, 0.1) is 24.4 Å². The quantitative estimate of drug-likeness (QED) is 0.373. The Bertz CT molecular complexity index is 1320. The van der Waals surface area contributed by atoms with Gasteiger partial charge in [-0.1, -0.05) is 35.3 Å². The van der Waals surface area contributed by atoms with Crippen LogP contribution >= 0.6 is 23.2 Å². The van der Waals surface area contributed by atoms with E-state index in [0.717, 1.165) is 11.6 Å². The lowest BCUT2D eigenvalue weighted by Gasteiger charge is -2.10. The van der Waals surface area contributed by atoms with Crippen LogP contribution in [0.1, 0.15) is 15.9 Å². The number of hydrogen-bond donors (Lipinski definition) is 1. The maximum absolute atomic E-state index is 14.1. The molecule has 0 saturated carbocycles. The van der Waals surface area contributed by atoms with E-state index in [9.17, 15) is 18.0 Å². The second kappa shape index (κ2) is 7.66. The summed E-state index contributed by atoms with van der Waals surface area (Å²) < 4.78 is 42.5. The Kier molecular flexibility index (Phi) is 5.17. The summed E-state index contributed by atoms with van der Waals surface area (Å²) in [6.45, 7) is 1.83. The average molecular weight is 450 g/mol. The number of carbonyl (C=O) groups is 1. The van der Waals surface area contributed by atoms with Crippen molar-refractivity contribution < 1.29 is 18.0 Å². The highest BCUT2D eigenvalue weighted by molar-refractivity contribution is 6.42. The molecule has 0 unspecified atom stereocenters. The lowest BCUT2D eigenvalue weighted by Crippen LogP contribution is -2.17. The lowest BCUT2D eigenvalue weighted by atomic mass is 10.1. The van der Waals surface area contributed by atoms with Crippen LogP contribution in [0.15, 0.2) is 48.7 Å². The molecular weight excluding hydrogens is 438 g/mol. The monoisotopic (exact) mass is 449 g/mol. The van der Waals surface area contributed by atoms with Gasteiger partial charge in [-0.05, 0) is 42.8 Å². The molecule has 0 aliphatic carbocycles. The molecule has 0 fully saturated rings. The summed E-state index contributed by atoms with van der Waals surface area (Å²) in [6.07, 6.45) is 1.66. The van der Waals surface area contributed by atoms with Gasteiger partial charge >= 0.3 is 0 Å². The van der Waals surface area contributed by atoms with E-state index in [1.165, 1.54) is 0 Å². The molecule has 2 aromatic carbocycles. The Morgan fingerprint density at radius 3 is 2.53 bits per heavy atom. The number of halogens is 5. The van der Waals surface area contributed by atoms with Crippen LogP contribution < -0.4 is 5.32 Å². The van der Waals surface area contributed by atoms with Gasteiger partial charge in [0.25, 0.3) is 5.91 Å². The molecule has 0 aliphatic rings. The predicted molar refractivity (Wildman–Crippen MR) is 110 cm³/mol. The number of pyridine rings is 1. The first-order valence-electron chi connectivity index (χ1n) is 8.66. The first kappa shape index (κ1) is 20.3. The minimum atomic E-state index is -1.72. The molecule has 0 spiro atoms. The van der Waals surface area contributed by atoms with E-state index >= 15 is 0 Å². The number of nitrogens with one attached hydrogen (secondary N) is 1. The molecule has 0 atom stereocenters. The van der Waals surface area contributed by atoms with Gasteiger partial charge in [-0.3, -0.25) is 9.20 Å². The first-order valence-corrected chi connectivity index (χ1v) is 9.41. The molecule has 1 N–H and O–H groups in total. The molecule has 0 saturated heterocycles. The summed E-state index contributed by atoms with van der Waals surface area (Å²) in [5, 5.41) is 3.18. The number of anilines is 1. The number of rotatable bonds is 3. The zero-order chi connectivity index (χ0) is 21.6. The standard InChI is InChI=1S/C21H12Cl2F3N3O/c1-10-3-2-8-29-19(10)27-18(11-4-6-13(22)14(23)9-11)20(29)28-21(30)12-5-7-15(24)17(26)16(12)25/h2-9H,1H3,(H,28,30). The van der Waals surface area contributed by atoms with Crippen molar-refractivity contribution in [1.82, 2.24) is 9.38 Å². The van der Waals surface area contributed by atoms with E-state index in [2.05, 4.69) is 10.3 Å². The molecule has 1 amide bonds. The number of imidazole rings is 1. The van der Waals surface area contributed by atoms with Gasteiger partial charge in [-0.15, -0.1) is 0 Å². The van der Waals surface area contributed by atoms with Gasteiger partial charge in [-0.2, -0.15) is 0 Å². The molecular formula is C21H12Cl2F3N3O. The van der Waals surface area contributed by atoms with E-state index in [1.54, 1.807) is 34.9 Å². The van der Waals surface area contributed by atoms with Gasteiger partial charge in [0, 0.05) is 11.8 Å². The molecule has 30 heavy (non-hydrogen) atoms. The van der Waals surface area contributed by atoms with E-state index < -0.39 is 28.9 Å². The highest BCUT2D eigenvalue weighted by atomic mass is 35.5. The molecule has 0 aliphatic heterocycles. The molecule has 4 nitrogen and oxygen atoms in total. The minimum Gasteiger partial charge on any atom is -0.306 e. The maximum Gasteiger partial charge on any atom is 0.259 e. The molecule has 152 valence electrons. The van der Waals surface area contributed by atoms with Crippen LogP contribution in [0.3, 0.4) is 0 Å². The number of amides is 1. The predicted octanol–water partition coefficient (Wildman–Crippen LogP) is 6.29. The zero-order valence-electron chi connectivity index (χ0n) is 15.3. The minimum absolute atomic E-state index is 0.209. The van der Waals surface area contributed by atoms with E-state index in [1.807, 2.05) is 13.0 Å². The Morgan fingerprint density at radius 2 is 1.80 bits per heavy atom. The number of nitrogens with zero attached hydrogens (tertiary/aromatic N) is 2. The van der Waals surface area contributed by atoms with Crippen molar-refractivity contribution in [3.05, 3.63) is 87.3 Å². The van der Waals surface area contributed by atoms with Gasteiger partial charge in [-0.25, -0.2) is 18.2 Å². The number of benzene rings is 2. The van der Waals surface area contributed by atoms with Crippen LogP contribution in [0.4, 0.5) is 19.0 Å². The van der Waals surface area contributed by atoms with Crippen LogP contribution in [0.5, 0.6) is 0 Å². The summed E-state index contributed by atoms with van der Waals surface area (Å²) in [6, 6.07) is 9.96. The van der Waals surface area contributed by atoms with Crippen molar-refractivity contribution in [3.8, 4) is 11.3 Å². The molecule has 2 heterocycles. The smallest absolute Gasteiger partial charge is 0.259 e. The molecule has 0 bridgehead atoms. The van der Waals surface area contributed by atoms with Crippen LogP contribution in [-0.4, -0.2) is 15.3 Å². The third-order valence-electron chi connectivity index (χ3n) is 4.55. The molecule has 4 rings (SSSR count). The van der Waals surface area contributed by atoms with E-state index in [-0.39, 0.29) is 10.8 Å². The fourth-order valence-corrected chi connectivity index (χ4v) is 3.34. The van der Waals surface area contributed by atoms with Crippen molar-refractivity contribution >= 4 is 40.6 Å². The normalized spacial score (nSPS) is 11.1. The summed E-state index contributed by atoms with van der Waals surface area (Å²) in [7, 11) is 0. The Morgan fingerprint density at radius 1 is 1.03 bits per heavy atom. The average Bonchev–Trinajstić information content (AvgIpc) is 3.08. The third-order valence-corrected chi connectivity index (χ3v) is 5.29. The summed E-state index contributed by atoms with van der Waals surface area (Å²) in [5.74, 6) is -5.43. The Balaban J connectivity index is 1.87. The molecule has 0 radical (unpaired) electrons. The fourth-order valence-electron chi connectivity index (χ4n) is 3.04. The van der Waals surface area contributed by atoms with Crippen molar-refractivity contribution in [2.45, 2.75) is 6.92 Å².